The molecular formula is C17H28N4O4S. The summed E-state index contributed by atoms with van der Waals surface area (Å²) >= 11 is 0. The van der Waals surface area contributed by atoms with E-state index >= 15 is 0 Å². The van der Waals surface area contributed by atoms with Gasteiger partial charge < -0.3 is 21.1 Å². The normalized spacial score (nSPS) is 18.2. The summed E-state index contributed by atoms with van der Waals surface area (Å²) in [6, 6.07) is 4.41. The van der Waals surface area contributed by atoms with Crippen molar-refractivity contribution in [1.29, 1.82) is 0 Å². The van der Waals surface area contributed by atoms with E-state index in [1.54, 1.807) is 26.0 Å². The first-order valence-electron chi connectivity index (χ1n) is 8.79. The first-order valence-corrected chi connectivity index (χ1v) is 10.2. The number of hydrogen-bond donors (Lipinski definition) is 3. The fraction of sp³-hybridized carbons (Fsp3) is 0.588. The monoisotopic (exact) mass is 384 g/mol. The standard InChI is InChI=1S/C17H28N4O4S/c1-4-19-15-6-5-14(26(23,24)21-7-9-25-10-8-21)11-16(15)20-17(22)12(2)13(3)18/h5-6,11-13,19H,4,7-10,18H2,1-3H3,(H,20,22). The average molecular weight is 385 g/mol. The third kappa shape index (κ3) is 4.73. The van der Waals surface area contributed by atoms with Crippen molar-refractivity contribution in [3.05, 3.63) is 18.2 Å². The van der Waals surface area contributed by atoms with Crippen molar-refractivity contribution < 1.29 is 17.9 Å². The molecular weight excluding hydrogens is 356 g/mol. The van der Waals surface area contributed by atoms with Gasteiger partial charge in [0, 0.05) is 25.7 Å². The molecule has 1 aliphatic heterocycles. The summed E-state index contributed by atoms with van der Waals surface area (Å²) < 4.78 is 32.3. The van der Waals surface area contributed by atoms with Crippen LogP contribution in [0.4, 0.5) is 11.4 Å². The number of carbonyl (C=O) groups is 1. The number of amides is 1. The predicted octanol–water partition coefficient (Wildman–Crippen LogP) is 1.06. The summed E-state index contributed by atoms with van der Waals surface area (Å²) in [7, 11) is -3.64. The molecule has 1 saturated heterocycles. The Kier molecular flexibility index (Phi) is 6.99. The van der Waals surface area contributed by atoms with Gasteiger partial charge in [-0.15, -0.1) is 0 Å². The number of nitrogens with one attached hydrogen (secondary N) is 2. The lowest BCUT2D eigenvalue weighted by Gasteiger charge is -2.26. The lowest BCUT2D eigenvalue weighted by Crippen LogP contribution is -2.40. The molecule has 0 spiro atoms. The van der Waals surface area contributed by atoms with Gasteiger partial charge in [-0.1, -0.05) is 6.92 Å². The highest BCUT2D eigenvalue weighted by molar-refractivity contribution is 7.89. The van der Waals surface area contributed by atoms with Crippen LogP contribution in [0.2, 0.25) is 0 Å². The van der Waals surface area contributed by atoms with Crippen molar-refractivity contribution in [2.45, 2.75) is 31.7 Å². The molecule has 1 aromatic rings. The topological polar surface area (TPSA) is 114 Å². The highest BCUT2D eigenvalue weighted by Crippen LogP contribution is 2.28. The maximum Gasteiger partial charge on any atom is 0.243 e. The van der Waals surface area contributed by atoms with Gasteiger partial charge in [-0.2, -0.15) is 4.31 Å². The molecule has 26 heavy (non-hydrogen) atoms. The molecule has 1 aromatic carbocycles. The van der Waals surface area contributed by atoms with E-state index in [-0.39, 0.29) is 16.8 Å². The molecule has 2 unspecified atom stereocenters. The summed E-state index contributed by atoms with van der Waals surface area (Å²) in [4.78, 5) is 12.5. The van der Waals surface area contributed by atoms with Crippen molar-refractivity contribution in [2.75, 3.05) is 43.5 Å². The molecule has 1 aliphatic rings. The minimum absolute atomic E-state index is 0.143. The van der Waals surface area contributed by atoms with Gasteiger partial charge >= 0.3 is 0 Å². The molecule has 0 radical (unpaired) electrons. The Balaban J connectivity index is 2.33. The average Bonchev–Trinajstić information content (AvgIpc) is 2.63. The van der Waals surface area contributed by atoms with Crippen LogP contribution in [0, 0.1) is 5.92 Å². The number of ether oxygens (including phenoxy) is 1. The maximum atomic E-state index is 12.9. The van der Waals surface area contributed by atoms with E-state index in [1.807, 2.05) is 6.92 Å². The second-order valence-electron chi connectivity index (χ2n) is 6.39. The third-order valence-electron chi connectivity index (χ3n) is 4.43. The summed E-state index contributed by atoms with van der Waals surface area (Å²) in [6.45, 7) is 7.46. The Bertz CT molecular complexity index is 730. The number of rotatable bonds is 7. The molecule has 146 valence electrons. The third-order valence-corrected chi connectivity index (χ3v) is 6.32. The molecule has 8 nitrogen and oxygen atoms in total. The Morgan fingerprint density at radius 3 is 2.50 bits per heavy atom. The molecule has 4 N–H and O–H groups in total. The van der Waals surface area contributed by atoms with Gasteiger partial charge in [0.1, 0.15) is 0 Å². The number of anilines is 2. The number of carbonyl (C=O) groups excluding carboxylic acids is 1. The lowest BCUT2D eigenvalue weighted by molar-refractivity contribution is -0.119. The SMILES string of the molecule is CCNc1ccc(S(=O)(=O)N2CCOCC2)cc1NC(=O)C(C)C(C)N. The summed E-state index contributed by atoms with van der Waals surface area (Å²) in [5.74, 6) is -0.649. The Morgan fingerprint density at radius 2 is 1.92 bits per heavy atom. The Hall–Kier alpha value is -1.68. The number of hydrogen-bond acceptors (Lipinski definition) is 6. The van der Waals surface area contributed by atoms with Crippen LogP contribution >= 0.6 is 0 Å². The molecule has 2 rings (SSSR count). The number of benzene rings is 1. The first-order chi connectivity index (χ1) is 12.3. The second-order valence-corrected chi connectivity index (χ2v) is 8.33. The van der Waals surface area contributed by atoms with Gasteiger partial charge in [0.2, 0.25) is 15.9 Å². The summed E-state index contributed by atoms with van der Waals surface area (Å²) in [5.41, 5.74) is 6.89. The molecule has 0 saturated carbocycles. The predicted molar refractivity (Wildman–Crippen MR) is 102 cm³/mol. The first kappa shape index (κ1) is 20.6. The molecule has 0 aromatic heterocycles. The smallest absolute Gasteiger partial charge is 0.243 e. The van der Waals surface area contributed by atoms with E-state index in [9.17, 15) is 13.2 Å². The lowest BCUT2D eigenvalue weighted by atomic mass is 10.0. The van der Waals surface area contributed by atoms with E-state index < -0.39 is 15.9 Å². The molecule has 0 bridgehead atoms. The van der Waals surface area contributed by atoms with Gasteiger partial charge in [0.25, 0.3) is 0 Å². The van der Waals surface area contributed by atoms with Crippen LogP contribution in [0.1, 0.15) is 20.8 Å². The Morgan fingerprint density at radius 1 is 1.27 bits per heavy atom. The number of nitrogens with zero attached hydrogens (tertiary/aromatic N) is 1. The van der Waals surface area contributed by atoms with Crippen molar-refractivity contribution in [2.24, 2.45) is 11.7 Å². The molecule has 0 aliphatic carbocycles. The minimum atomic E-state index is -3.64. The van der Waals surface area contributed by atoms with Crippen molar-refractivity contribution in [1.82, 2.24) is 4.31 Å². The maximum absolute atomic E-state index is 12.9. The highest BCUT2D eigenvalue weighted by Gasteiger charge is 2.27. The fourth-order valence-electron chi connectivity index (χ4n) is 2.55. The van der Waals surface area contributed by atoms with Crippen LogP contribution in [0.25, 0.3) is 0 Å². The van der Waals surface area contributed by atoms with E-state index in [2.05, 4.69) is 10.6 Å². The molecule has 9 heteroatoms. The van der Waals surface area contributed by atoms with Crippen LogP contribution in [0.15, 0.2) is 23.1 Å². The van der Waals surface area contributed by atoms with Gasteiger partial charge in [-0.25, -0.2) is 8.42 Å². The second kappa shape index (κ2) is 8.81. The number of nitrogens with two attached hydrogens (primary N) is 1. The van der Waals surface area contributed by atoms with Crippen LogP contribution in [-0.2, 0) is 19.6 Å². The minimum Gasteiger partial charge on any atom is -0.384 e. The van der Waals surface area contributed by atoms with Gasteiger partial charge in [0.05, 0.1) is 35.4 Å². The molecule has 2 atom stereocenters. The van der Waals surface area contributed by atoms with E-state index in [1.165, 1.54) is 10.4 Å². The van der Waals surface area contributed by atoms with Crippen LogP contribution < -0.4 is 16.4 Å². The van der Waals surface area contributed by atoms with Crippen LogP contribution in [0.5, 0.6) is 0 Å². The van der Waals surface area contributed by atoms with Gasteiger partial charge in [-0.3, -0.25) is 4.79 Å². The van der Waals surface area contributed by atoms with E-state index in [0.717, 1.165) is 0 Å². The molecule has 1 amide bonds. The number of sulfonamides is 1. The van der Waals surface area contributed by atoms with Crippen molar-refractivity contribution in [3.63, 3.8) is 0 Å². The zero-order chi connectivity index (χ0) is 19.3. The fourth-order valence-corrected chi connectivity index (χ4v) is 3.99. The molecule has 1 fully saturated rings. The summed E-state index contributed by atoms with van der Waals surface area (Å²) in [5, 5.41) is 5.94. The van der Waals surface area contributed by atoms with Gasteiger partial charge in [-0.05, 0) is 32.0 Å². The zero-order valence-corrected chi connectivity index (χ0v) is 16.3. The summed E-state index contributed by atoms with van der Waals surface area (Å²) in [6.07, 6.45) is 0. The van der Waals surface area contributed by atoms with Crippen molar-refractivity contribution in [3.8, 4) is 0 Å². The van der Waals surface area contributed by atoms with Crippen LogP contribution in [0.3, 0.4) is 0 Å². The van der Waals surface area contributed by atoms with E-state index in [0.29, 0.717) is 44.2 Å². The zero-order valence-electron chi connectivity index (χ0n) is 15.5. The highest BCUT2D eigenvalue weighted by atomic mass is 32.2. The quantitative estimate of drug-likeness (QED) is 0.648. The Labute approximate surface area is 155 Å². The number of morpholine rings is 1. The largest absolute Gasteiger partial charge is 0.384 e. The van der Waals surface area contributed by atoms with E-state index in [4.69, 9.17) is 10.5 Å². The van der Waals surface area contributed by atoms with Gasteiger partial charge in [0.15, 0.2) is 0 Å². The molecule has 1 heterocycles. The van der Waals surface area contributed by atoms with Crippen LogP contribution in [-0.4, -0.2) is 57.5 Å². The van der Waals surface area contributed by atoms with Crippen molar-refractivity contribution >= 4 is 27.3 Å².